The van der Waals surface area contributed by atoms with Crippen molar-refractivity contribution < 1.29 is 9.18 Å². The van der Waals surface area contributed by atoms with E-state index in [0.717, 1.165) is 35.1 Å². The summed E-state index contributed by atoms with van der Waals surface area (Å²) >= 11 is 0. The van der Waals surface area contributed by atoms with Crippen LogP contribution in [0.4, 0.5) is 10.1 Å². The minimum atomic E-state index is -0.416. The number of amides is 1. The van der Waals surface area contributed by atoms with Gasteiger partial charge in [-0.2, -0.15) is 0 Å². The second-order valence-corrected chi connectivity index (χ2v) is 8.13. The van der Waals surface area contributed by atoms with Crippen LogP contribution in [0.15, 0.2) is 79.4 Å². The van der Waals surface area contributed by atoms with E-state index in [-0.39, 0.29) is 18.9 Å². The summed E-state index contributed by atoms with van der Waals surface area (Å²) in [5, 5.41) is 5.29. The van der Waals surface area contributed by atoms with Crippen molar-refractivity contribution in [3.63, 3.8) is 0 Å². The van der Waals surface area contributed by atoms with Gasteiger partial charge in [0.25, 0.3) is 0 Å². The fourth-order valence-corrected chi connectivity index (χ4v) is 4.08. The van der Waals surface area contributed by atoms with Gasteiger partial charge in [0.05, 0.1) is 19.2 Å². The molecule has 0 saturated carbocycles. The molecule has 2 aromatic carbocycles. The average Bonchev–Trinajstić information content (AvgIpc) is 2.77. The zero-order valence-electron chi connectivity index (χ0n) is 17.5. The summed E-state index contributed by atoms with van der Waals surface area (Å²) in [6, 6.07) is 17.4. The van der Waals surface area contributed by atoms with E-state index < -0.39 is 5.82 Å². The smallest absolute Gasteiger partial charge is 0.231 e. The van der Waals surface area contributed by atoms with Crippen molar-refractivity contribution in [1.29, 1.82) is 0 Å². The Hall–Kier alpha value is -3.64. The number of fused-ring (bicyclic) bond motifs is 1. The molecule has 5 rings (SSSR count). The van der Waals surface area contributed by atoms with Crippen molar-refractivity contribution in [2.24, 2.45) is 0 Å². The third-order valence-corrected chi connectivity index (χ3v) is 5.95. The van der Waals surface area contributed by atoms with E-state index in [1.165, 1.54) is 17.8 Å². The molecule has 0 bridgehead atoms. The lowest BCUT2D eigenvalue weighted by molar-refractivity contribution is -0.118. The molecule has 1 N–H and O–H groups in total. The SMILES string of the molecule is O=C(Cc1cncc2ccccc12)N(Cc1cncc(F)c1)c1ccc(C2CNC2)cc1. The lowest BCUT2D eigenvalue weighted by Gasteiger charge is -2.28. The first kappa shape index (κ1) is 20.3. The number of benzene rings is 2. The summed E-state index contributed by atoms with van der Waals surface area (Å²) < 4.78 is 13.7. The Kier molecular flexibility index (Phi) is 5.60. The molecule has 1 aliphatic rings. The minimum absolute atomic E-state index is 0.0783. The molecule has 6 heteroatoms. The number of halogens is 1. The van der Waals surface area contributed by atoms with Gasteiger partial charge in [-0.3, -0.25) is 14.8 Å². The van der Waals surface area contributed by atoms with Gasteiger partial charge in [-0.25, -0.2) is 4.39 Å². The van der Waals surface area contributed by atoms with Crippen molar-refractivity contribution in [2.75, 3.05) is 18.0 Å². The highest BCUT2D eigenvalue weighted by Crippen LogP contribution is 2.26. The molecule has 1 saturated heterocycles. The Bertz CT molecular complexity index is 1250. The molecule has 0 spiro atoms. The third kappa shape index (κ3) is 4.22. The average molecular weight is 426 g/mol. The van der Waals surface area contributed by atoms with Crippen LogP contribution in [0.5, 0.6) is 0 Å². The first-order chi connectivity index (χ1) is 15.7. The van der Waals surface area contributed by atoms with E-state index in [0.29, 0.717) is 11.5 Å². The van der Waals surface area contributed by atoms with Gasteiger partial charge >= 0.3 is 0 Å². The molecule has 0 aliphatic carbocycles. The van der Waals surface area contributed by atoms with Gasteiger partial charge < -0.3 is 10.2 Å². The molecule has 0 unspecified atom stereocenters. The normalized spacial score (nSPS) is 13.7. The topological polar surface area (TPSA) is 58.1 Å². The van der Waals surface area contributed by atoms with Crippen molar-refractivity contribution in [2.45, 2.75) is 18.9 Å². The maximum atomic E-state index is 13.7. The third-order valence-electron chi connectivity index (χ3n) is 5.95. The van der Waals surface area contributed by atoms with E-state index in [1.54, 1.807) is 23.5 Å². The first-order valence-electron chi connectivity index (χ1n) is 10.7. The van der Waals surface area contributed by atoms with Crippen LogP contribution in [0.2, 0.25) is 0 Å². The van der Waals surface area contributed by atoms with Crippen LogP contribution in [-0.2, 0) is 17.8 Å². The fourth-order valence-electron chi connectivity index (χ4n) is 4.08. The number of carbonyl (C=O) groups is 1. The molecule has 1 amide bonds. The number of hydrogen-bond acceptors (Lipinski definition) is 4. The van der Waals surface area contributed by atoms with Gasteiger partial charge in [-0.05, 0) is 40.3 Å². The maximum absolute atomic E-state index is 13.7. The summed E-state index contributed by atoms with van der Waals surface area (Å²) in [7, 11) is 0. The van der Waals surface area contributed by atoms with Gasteiger partial charge in [-0.1, -0.05) is 36.4 Å². The molecule has 1 fully saturated rings. The molecular formula is C26H23FN4O. The quantitative estimate of drug-likeness (QED) is 0.501. The number of aromatic nitrogens is 2. The number of nitrogens with one attached hydrogen (secondary N) is 1. The van der Waals surface area contributed by atoms with Crippen molar-refractivity contribution >= 4 is 22.4 Å². The highest BCUT2D eigenvalue weighted by atomic mass is 19.1. The second kappa shape index (κ2) is 8.85. The van der Waals surface area contributed by atoms with Crippen LogP contribution in [0.1, 0.15) is 22.6 Å². The number of hydrogen-bond donors (Lipinski definition) is 1. The summed E-state index contributed by atoms with van der Waals surface area (Å²) in [6.45, 7) is 2.20. The predicted molar refractivity (Wildman–Crippen MR) is 123 cm³/mol. The Morgan fingerprint density at radius 3 is 2.53 bits per heavy atom. The highest BCUT2D eigenvalue weighted by molar-refractivity contribution is 5.97. The molecule has 160 valence electrons. The number of rotatable bonds is 6. The molecule has 4 aromatic rings. The Labute approximate surface area is 185 Å². The lowest BCUT2D eigenvalue weighted by atomic mass is 9.93. The van der Waals surface area contributed by atoms with Gasteiger partial charge in [0.1, 0.15) is 5.82 Å². The van der Waals surface area contributed by atoms with Gasteiger partial charge in [-0.15, -0.1) is 0 Å². The summed E-state index contributed by atoms with van der Waals surface area (Å²) in [5.41, 5.74) is 3.54. The van der Waals surface area contributed by atoms with Gasteiger partial charge in [0, 0.05) is 48.7 Å². The second-order valence-electron chi connectivity index (χ2n) is 8.13. The van der Waals surface area contributed by atoms with Crippen molar-refractivity contribution in [1.82, 2.24) is 15.3 Å². The van der Waals surface area contributed by atoms with E-state index in [1.807, 2.05) is 36.4 Å². The number of nitrogens with zero attached hydrogens (tertiary/aromatic N) is 3. The standard InChI is InChI=1S/C26H23FN4O/c27-23-9-18(11-28-16-23)17-31(24-7-5-19(6-8-24)22-14-30-15-22)26(32)10-21-13-29-12-20-3-1-2-4-25(20)21/h1-9,11-13,16,22,30H,10,14-15,17H2. The lowest BCUT2D eigenvalue weighted by Crippen LogP contribution is -2.39. The molecule has 1 aliphatic heterocycles. The minimum Gasteiger partial charge on any atom is -0.315 e. The Balaban J connectivity index is 1.46. The number of pyridine rings is 2. The maximum Gasteiger partial charge on any atom is 0.231 e. The van der Waals surface area contributed by atoms with Gasteiger partial charge in [0.2, 0.25) is 5.91 Å². The molecule has 2 aromatic heterocycles. The monoisotopic (exact) mass is 426 g/mol. The van der Waals surface area contributed by atoms with Crippen LogP contribution in [0.3, 0.4) is 0 Å². The molecule has 0 atom stereocenters. The molecule has 3 heterocycles. The van der Waals surface area contributed by atoms with Gasteiger partial charge in [0.15, 0.2) is 0 Å². The van der Waals surface area contributed by atoms with E-state index in [2.05, 4.69) is 27.4 Å². The zero-order chi connectivity index (χ0) is 21.9. The fraction of sp³-hybridized carbons (Fsp3) is 0.192. The largest absolute Gasteiger partial charge is 0.315 e. The van der Waals surface area contributed by atoms with E-state index in [4.69, 9.17) is 0 Å². The molecule has 5 nitrogen and oxygen atoms in total. The zero-order valence-corrected chi connectivity index (χ0v) is 17.5. The number of anilines is 1. The molecule has 0 radical (unpaired) electrons. The van der Waals surface area contributed by atoms with E-state index >= 15 is 0 Å². The van der Waals surface area contributed by atoms with Crippen LogP contribution >= 0.6 is 0 Å². The molecule has 32 heavy (non-hydrogen) atoms. The van der Waals surface area contributed by atoms with Crippen molar-refractivity contribution in [3.05, 3.63) is 102 Å². The van der Waals surface area contributed by atoms with Crippen LogP contribution in [0.25, 0.3) is 10.8 Å². The summed E-state index contributed by atoms with van der Waals surface area (Å²) in [6.07, 6.45) is 6.50. The van der Waals surface area contributed by atoms with Crippen LogP contribution < -0.4 is 10.2 Å². The Morgan fingerprint density at radius 1 is 1.00 bits per heavy atom. The summed E-state index contributed by atoms with van der Waals surface area (Å²) in [5.74, 6) is 0.0221. The van der Waals surface area contributed by atoms with Crippen molar-refractivity contribution in [3.8, 4) is 0 Å². The number of carbonyl (C=O) groups excluding carboxylic acids is 1. The van der Waals surface area contributed by atoms with Crippen LogP contribution in [-0.4, -0.2) is 29.0 Å². The predicted octanol–water partition coefficient (Wildman–Crippen LogP) is 4.23. The highest BCUT2D eigenvalue weighted by Gasteiger charge is 2.21. The summed E-state index contributed by atoms with van der Waals surface area (Å²) in [4.78, 5) is 23.4. The Morgan fingerprint density at radius 2 is 1.78 bits per heavy atom. The molecular weight excluding hydrogens is 403 g/mol. The first-order valence-corrected chi connectivity index (χ1v) is 10.7. The van der Waals surface area contributed by atoms with Crippen LogP contribution in [0, 0.1) is 5.82 Å². The van der Waals surface area contributed by atoms with E-state index in [9.17, 15) is 9.18 Å².